The van der Waals surface area contributed by atoms with Gasteiger partial charge in [0.25, 0.3) is 0 Å². The summed E-state index contributed by atoms with van der Waals surface area (Å²) in [7, 11) is 0. The molecular weight excluding hydrogens is 308 g/mol. The lowest BCUT2D eigenvalue weighted by molar-refractivity contribution is -0.118. The molecule has 1 aliphatic carbocycles. The number of hydrogen-bond donors (Lipinski definition) is 1. The van der Waals surface area contributed by atoms with Crippen LogP contribution in [0.3, 0.4) is 0 Å². The van der Waals surface area contributed by atoms with Crippen LogP contribution in [0.25, 0.3) is 0 Å². The Morgan fingerprint density at radius 1 is 1.08 bits per heavy atom. The fraction of sp³-hybridized carbons (Fsp3) is 0.364. The van der Waals surface area contributed by atoms with Gasteiger partial charge in [-0.25, -0.2) is 0 Å². The second-order valence-corrected chi connectivity index (χ2v) is 7.79. The fourth-order valence-electron chi connectivity index (χ4n) is 3.51. The lowest BCUT2D eigenvalue weighted by atomic mass is 10.1. The number of nitrogens with one attached hydrogen (secondary N) is 1. The average molecular weight is 334 g/mol. The highest BCUT2D eigenvalue weighted by molar-refractivity contribution is 5.95. The molecule has 3 heteroatoms. The van der Waals surface area contributed by atoms with Gasteiger partial charge in [-0.2, -0.15) is 0 Å². The Balaban J connectivity index is 1.62. The van der Waals surface area contributed by atoms with Gasteiger partial charge in [-0.15, -0.1) is 0 Å². The molecule has 1 saturated carbocycles. The number of aromatic nitrogens is 1. The first kappa shape index (κ1) is 17.4. The van der Waals surface area contributed by atoms with Gasteiger partial charge in [0.05, 0.1) is 5.92 Å². The van der Waals surface area contributed by atoms with Gasteiger partial charge >= 0.3 is 0 Å². The molecule has 25 heavy (non-hydrogen) atoms. The second kappa shape index (κ2) is 6.83. The van der Waals surface area contributed by atoms with Crippen molar-refractivity contribution in [3.8, 4) is 0 Å². The van der Waals surface area contributed by atoms with Crippen molar-refractivity contribution >= 4 is 11.6 Å². The van der Waals surface area contributed by atoms with Crippen LogP contribution < -0.4 is 5.32 Å². The molecule has 130 valence electrons. The molecule has 0 unspecified atom stereocenters. The highest BCUT2D eigenvalue weighted by Crippen LogP contribution is 2.59. The normalized spacial score (nSPS) is 20.6. The molecule has 1 aliphatic rings. The number of hydrogen-bond acceptors (Lipinski definition) is 2. The van der Waals surface area contributed by atoms with Crippen LogP contribution in [0, 0.1) is 17.3 Å². The summed E-state index contributed by atoms with van der Waals surface area (Å²) in [6.45, 7) is 8.51. The summed E-state index contributed by atoms with van der Waals surface area (Å²) in [5, 5.41) is 3.08. The first-order chi connectivity index (χ1) is 11.9. The van der Waals surface area contributed by atoms with E-state index >= 15 is 0 Å². The van der Waals surface area contributed by atoms with E-state index in [4.69, 9.17) is 0 Å². The minimum absolute atomic E-state index is 0.0443. The number of benzene rings is 1. The molecule has 0 radical (unpaired) electrons. The molecule has 0 saturated heterocycles. The Kier molecular flexibility index (Phi) is 4.76. The van der Waals surface area contributed by atoms with Gasteiger partial charge in [0, 0.05) is 18.1 Å². The van der Waals surface area contributed by atoms with E-state index in [1.807, 2.05) is 36.7 Å². The molecular formula is C22H26N2O. The zero-order chi connectivity index (χ0) is 18.0. The monoisotopic (exact) mass is 334 g/mol. The third-order valence-electron chi connectivity index (χ3n) is 5.09. The lowest BCUT2D eigenvalue weighted by Gasteiger charge is -2.08. The van der Waals surface area contributed by atoms with E-state index in [2.05, 4.69) is 56.2 Å². The van der Waals surface area contributed by atoms with Crippen LogP contribution in [0.2, 0.25) is 0 Å². The van der Waals surface area contributed by atoms with Crippen molar-refractivity contribution < 1.29 is 4.79 Å². The van der Waals surface area contributed by atoms with E-state index in [1.54, 1.807) is 0 Å². The Morgan fingerprint density at radius 3 is 2.28 bits per heavy atom. The quantitative estimate of drug-likeness (QED) is 0.794. The summed E-state index contributed by atoms with van der Waals surface area (Å²) < 4.78 is 0. The van der Waals surface area contributed by atoms with Crippen LogP contribution in [0.1, 0.15) is 38.8 Å². The molecule has 1 aromatic carbocycles. The van der Waals surface area contributed by atoms with Crippen LogP contribution in [-0.4, -0.2) is 10.9 Å². The maximum absolute atomic E-state index is 12.6. The molecule has 3 rings (SSSR count). The van der Waals surface area contributed by atoms with E-state index in [-0.39, 0.29) is 17.2 Å². The first-order valence-corrected chi connectivity index (χ1v) is 8.81. The molecule has 1 amide bonds. The summed E-state index contributed by atoms with van der Waals surface area (Å²) in [5.41, 5.74) is 4.63. The molecule has 1 N–H and O–H groups in total. The second-order valence-electron chi connectivity index (χ2n) is 7.79. The predicted octanol–water partition coefficient (Wildman–Crippen LogP) is 4.85. The van der Waals surface area contributed by atoms with E-state index in [1.165, 1.54) is 16.7 Å². The Labute approximate surface area is 150 Å². The molecule has 2 aromatic rings. The third kappa shape index (κ3) is 3.98. The number of pyridine rings is 1. The van der Waals surface area contributed by atoms with Gasteiger partial charge in [-0.3, -0.25) is 9.78 Å². The van der Waals surface area contributed by atoms with E-state index in [0.717, 1.165) is 12.1 Å². The van der Waals surface area contributed by atoms with Crippen molar-refractivity contribution in [1.82, 2.24) is 4.98 Å². The third-order valence-corrected chi connectivity index (χ3v) is 5.09. The van der Waals surface area contributed by atoms with Crippen molar-refractivity contribution in [1.29, 1.82) is 0 Å². The number of amides is 1. The van der Waals surface area contributed by atoms with Crippen LogP contribution in [0.5, 0.6) is 0 Å². The largest absolute Gasteiger partial charge is 0.326 e. The average Bonchev–Trinajstić information content (AvgIpc) is 3.10. The van der Waals surface area contributed by atoms with Crippen molar-refractivity contribution in [2.45, 2.75) is 34.1 Å². The Morgan fingerprint density at radius 2 is 1.68 bits per heavy atom. The molecule has 3 nitrogen and oxygen atoms in total. The number of carbonyl (C=O) groups excluding carboxylic acids is 1. The van der Waals surface area contributed by atoms with Crippen LogP contribution in [0.4, 0.5) is 5.69 Å². The van der Waals surface area contributed by atoms with Gasteiger partial charge in [0.2, 0.25) is 5.91 Å². The summed E-state index contributed by atoms with van der Waals surface area (Å²) in [6.07, 6.45) is 6.71. The highest BCUT2D eigenvalue weighted by Gasteiger charge is 2.60. The number of rotatable bonds is 5. The van der Waals surface area contributed by atoms with E-state index in [9.17, 15) is 4.79 Å². The summed E-state index contributed by atoms with van der Waals surface area (Å²) in [5.74, 6) is 0.511. The topological polar surface area (TPSA) is 42.0 Å². The van der Waals surface area contributed by atoms with Crippen LogP contribution in [0.15, 0.2) is 60.4 Å². The van der Waals surface area contributed by atoms with Gasteiger partial charge < -0.3 is 5.32 Å². The van der Waals surface area contributed by atoms with Crippen LogP contribution in [-0.2, 0) is 11.2 Å². The molecule has 1 aromatic heterocycles. The van der Waals surface area contributed by atoms with Crippen molar-refractivity contribution in [2.24, 2.45) is 17.3 Å². The SMILES string of the molecule is CC(C)=C[C@@H]1[C@@H](C(=O)Nc2ccc(Cc3ccncc3)cc2)C1(C)C. The molecule has 0 bridgehead atoms. The number of anilines is 1. The fourth-order valence-corrected chi connectivity index (χ4v) is 3.51. The number of allylic oxidation sites excluding steroid dienone is 2. The number of carbonyl (C=O) groups is 1. The minimum Gasteiger partial charge on any atom is -0.326 e. The maximum Gasteiger partial charge on any atom is 0.228 e. The zero-order valence-electron chi connectivity index (χ0n) is 15.4. The Hall–Kier alpha value is -2.42. The highest BCUT2D eigenvalue weighted by atomic mass is 16.2. The zero-order valence-corrected chi connectivity index (χ0v) is 15.4. The standard InChI is InChI=1S/C22H26N2O/c1-15(2)13-19-20(22(19,3)4)21(25)24-18-7-5-16(6-8-18)14-17-9-11-23-12-10-17/h5-13,19-20H,14H2,1-4H3,(H,24,25)/t19-,20+/m1/s1. The molecule has 2 atom stereocenters. The van der Waals surface area contributed by atoms with Gasteiger partial charge in [0.1, 0.15) is 0 Å². The number of nitrogens with zero attached hydrogens (tertiary/aromatic N) is 1. The maximum atomic E-state index is 12.6. The van der Waals surface area contributed by atoms with Crippen molar-refractivity contribution in [2.75, 3.05) is 5.32 Å². The summed E-state index contributed by atoms with van der Waals surface area (Å²) >= 11 is 0. The minimum atomic E-state index is 0.0443. The first-order valence-electron chi connectivity index (χ1n) is 8.81. The van der Waals surface area contributed by atoms with E-state index in [0.29, 0.717) is 5.92 Å². The molecule has 1 heterocycles. The van der Waals surface area contributed by atoms with Gasteiger partial charge in [-0.1, -0.05) is 37.6 Å². The smallest absolute Gasteiger partial charge is 0.228 e. The van der Waals surface area contributed by atoms with Crippen molar-refractivity contribution in [3.05, 3.63) is 71.6 Å². The van der Waals surface area contributed by atoms with Gasteiger partial charge in [-0.05, 0) is 67.0 Å². The summed E-state index contributed by atoms with van der Waals surface area (Å²) in [6, 6.07) is 12.2. The van der Waals surface area contributed by atoms with Crippen LogP contribution >= 0.6 is 0 Å². The lowest BCUT2D eigenvalue weighted by Crippen LogP contribution is -2.16. The summed E-state index contributed by atoms with van der Waals surface area (Å²) in [4.78, 5) is 16.7. The van der Waals surface area contributed by atoms with Crippen molar-refractivity contribution in [3.63, 3.8) is 0 Å². The molecule has 1 fully saturated rings. The molecule has 0 spiro atoms. The Bertz CT molecular complexity index is 771. The van der Waals surface area contributed by atoms with Gasteiger partial charge in [0.15, 0.2) is 0 Å². The predicted molar refractivity (Wildman–Crippen MR) is 102 cm³/mol. The molecule has 0 aliphatic heterocycles. The van der Waals surface area contributed by atoms with E-state index < -0.39 is 0 Å².